The Balaban J connectivity index is 2.30. The molecule has 0 amide bonds. The molecule has 2 nitrogen and oxygen atoms in total. The molecule has 0 unspecified atom stereocenters. The van der Waals surface area contributed by atoms with Gasteiger partial charge in [-0.25, -0.2) is 0 Å². The first-order valence-corrected chi connectivity index (χ1v) is 1.33. The summed E-state index contributed by atoms with van der Waals surface area (Å²) in [7, 11) is 0. The highest BCUT2D eigenvalue weighted by atomic mass is 32.1. The lowest BCUT2D eigenvalue weighted by Crippen LogP contribution is -2.75. The molecule has 0 aromatic heterocycles. The van der Waals surface area contributed by atoms with Crippen molar-refractivity contribution in [2.75, 3.05) is 0 Å². The molecule has 0 bridgehead atoms. The van der Waals surface area contributed by atoms with Crippen molar-refractivity contribution in [1.82, 2.24) is 0 Å². The van der Waals surface area contributed by atoms with E-state index in [1.807, 2.05) is 0 Å². The highest BCUT2D eigenvalue weighted by Crippen LogP contribution is 0.905. The van der Waals surface area contributed by atoms with E-state index in [-0.39, 0.29) is 0 Å². The van der Waals surface area contributed by atoms with Crippen LogP contribution in [0.3, 0.4) is 0 Å². The number of nitrogens with one attached hydrogen (secondary N) is 1. The van der Waals surface area contributed by atoms with E-state index in [2.05, 4.69) is 12.8 Å². The van der Waals surface area contributed by atoms with Crippen molar-refractivity contribution in [3.63, 3.8) is 0 Å². The van der Waals surface area contributed by atoms with Gasteiger partial charge in [-0.2, -0.15) is 0 Å². The van der Waals surface area contributed by atoms with E-state index in [0.717, 1.165) is 6.34 Å². The molecule has 0 atom stereocenters. The highest BCUT2D eigenvalue weighted by Gasteiger charge is 1.32. The smallest absolute Gasteiger partial charge is 0.161 e. The van der Waals surface area contributed by atoms with Gasteiger partial charge in [0.2, 0.25) is 0 Å². The van der Waals surface area contributed by atoms with Crippen LogP contribution in [0.25, 0.3) is 0 Å². The molecule has 0 aliphatic heterocycles. The first-order chi connectivity index (χ1) is 1.91. The zero-order valence-corrected chi connectivity index (χ0v) is 2.88. The van der Waals surface area contributed by atoms with E-state index >= 15 is 0 Å². The Kier molecular flexibility index (Phi) is 2.97. The van der Waals surface area contributed by atoms with Gasteiger partial charge in [0.15, 0.2) is 6.34 Å². The third-order valence-electron chi connectivity index (χ3n) is 0.0680. The van der Waals surface area contributed by atoms with Crippen LogP contribution < -0.4 is 4.72 Å². The quantitative estimate of drug-likeness (QED) is 0.225. The summed E-state index contributed by atoms with van der Waals surface area (Å²) < 4.78 is 1.25. The zero-order valence-electron chi connectivity index (χ0n) is 2.06. The van der Waals surface area contributed by atoms with Gasteiger partial charge in [0.1, 0.15) is 0 Å². The standard InChI is InChI=1S/CH4N2S/c2-1-3-4/h1-2H,3H2. The van der Waals surface area contributed by atoms with Crippen molar-refractivity contribution in [3.05, 3.63) is 0 Å². The molecule has 4 heavy (non-hydrogen) atoms. The van der Waals surface area contributed by atoms with Crippen LogP contribution in [0.5, 0.6) is 0 Å². The molecule has 0 fully saturated rings. The molecule has 0 radical (unpaired) electrons. The van der Waals surface area contributed by atoms with E-state index in [1.54, 1.807) is 0 Å². The van der Waals surface area contributed by atoms with Crippen molar-refractivity contribution in [1.29, 1.82) is 5.41 Å². The van der Waals surface area contributed by atoms with Gasteiger partial charge in [-0.1, -0.05) is 0 Å². The Morgan fingerprint density at radius 1 is 2.00 bits per heavy atom. The van der Waals surface area contributed by atoms with Gasteiger partial charge < -0.3 is 17.5 Å². The average molecular weight is 76.1 g/mol. The fourth-order valence-electron chi connectivity index (χ4n) is 0. The molecule has 0 saturated heterocycles. The third kappa shape index (κ3) is 1.98. The van der Waals surface area contributed by atoms with Crippen LogP contribution >= 0.6 is 0 Å². The highest BCUT2D eigenvalue weighted by molar-refractivity contribution is 7.51. The molecular weight excluding hydrogens is 72.1 g/mol. The molecule has 0 aliphatic carbocycles. The summed E-state index contributed by atoms with van der Waals surface area (Å²) in [5.74, 6) is 0. The van der Waals surface area contributed by atoms with E-state index in [0.29, 0.717) is 0 Å². The van der Waals surface area contributed by atoms with Gasteiger partial charge >= 0.3 is 0 Å². The molecule has 0 heterocycles. The van der Waals surface area contributed by atoms with Crippen LogP contribution in [-0.2, 0) is 12.8 Å². The zero-order chi connectivity index (χ0) is 3.41. The topological polar surface area (TPSA) is 40.5 Å². The lowest BCUT2D eigenvalue weighted by molar-refractivity contribution is -0.326. The minimum Gasteiger partial charge on any atom is -0.491 e. The average Bonchev–Trinajstić information content (AvgIpc) is 1.37. The van der Waals surface area contributed by atoms with Gasteiger partial charge in [-0.3, -0.25) is 5.41 Å². The van der Waals surface area contributed by atoms with Crippen LogP contribution in [-0.4, -0.2) is 6.34 Å². The Labute approximate surface area is 30.3 Å². The molecular formula is CH4N2S. The fraction of sp³-hybridized carbons (Fsp3) is 0. The summed E-state index contributed by atoms with van der Waals surface area (Å²) in [6.07, 6.45) is 1.06. The second kappa shape index (κ2) is 2.98. The first-order valence-electron chi connectivity index (χ1n) is 0.858. The number of rotatable bonds is 1. The van der Waals surface area contributed by atoms with E-state index in [4.69, 9.17) is 5.41 Å². The van der Waals surface area contributed by atoms with Crippen molar-refractivity contribution in [2.24, 2.45) is 0 Å². The van der Waals surface area contributed by atoms with E-state index in [9.17, 15) is 0 Å². The van der Waals surface area contributed by atoms with Gasteiger partial charge in [-0.15, -0.1) is 0 Å². The maximum atomic E-state index is 6.17. The molecule has 24 valence electrons. The number of hydrogen-bond acceptors (Lipinski definition) is 2. The predicted molar refractivity (Wildman–Crippen MR) is 18.1 cm³/mol. The lowest BCUT2D eigenvalue weighted by Gasteiger charge is -1.80. The summed E-state index contributed by atoms with van der Waals surface area (Å²) in [5.41, 5.74) is 0. The van der Waals surface area contributed by atoms with Crippen molar-refractivity contribution >= 4 is 19.2 Å². The number of quaternary nitrogens is 1. The minimum atomic E-state index is 1.06. The molecule has 0 aromatic rings. The Hall–Kier alpha value is -0.0200. The van der Waals surface area contributed by atoms with Gasteiger partial charge in [0, 0.05) is 0 Å². The second-order valence-electron chi connectivity index (χ2n) is 0.303. The fourth-order valence-corrected chi connectivity index (χ4v) is 0. The molecule has 0 aliphatic rings. The molecule has 0 spiro atoms. The SMILES string of the molecule is N=C[NH2+][S-]. The number of hydrogen-bond donors (Lipinski definition) is 2. The summed E-state index contributed by atoms with van der Waals surface area (Å²) in [6.45, 7) is 0. The maximum absolute atomic E-state index is 6.17. The monoisotopic (exact) mass is 76.0 g/mol. The van der Waals surface area contributed by atoms with Gasteiger partial charge in [0.25, 0.3) is 0 Å². The summed E-state index contributed by atoms with van der Waals surface area (Å²) in [5, 5.41) is 6.17. The van der Waals surface area contributed by atoms with Crippen molar-refractivity contribution in [2.45, 2.75) is 0 Å². The molecule has 3 heteroatoms. The maximum Gasteiger partial charge on any atom is 0.161 e. The lowest BCUT2D eigenvalue weighted by atomic mass is 11.4. The Bertz CT molecular complexity index is 20.0. The molecule has 0 aromatic carbocycles. The predicted octanol–water partition coefficient (Wildman–Crippen LogP) is -1.38. The van der Waals surface area contributed by atoms with Crippen LogP contribution in [0.4, 0.5) is 0 Å². The first kappa shape index (κ1) is 3.98. The van der Waals surface area contributed by atoms with Crippen LogP contribution in [0.2, 0.25) is 0 Å². The molecule has 3 N–H and O–H groups in total. The van der Waals surface area contributed by atoms with Crippen LogP contribution in [0.15, 0.2) is 0 Å². The van der Waals surface area contributed by atoms with Crippen LogP contribution in [0.1, 0.15) is 0 Å². The second-order valence-corrected chi connectivity index (χ2v) is 0.575. The molecule has 0 rings (SSSR count). The number of nitrogens with two attached hydrogens (primary N) is 1. The van der Waals surface area contributed by atoms with Crippen molar-refractivity contribution in [3.8, 4) is 0 Å². The van der Waals surface area contributed by atoms with Crippen molar-refractivity contribution < 1.29 is 4.72 Å². The summed E-state index contributed by atoms with van der Waals surface area (Å²) in [4.78, 5) is 0. The summed E-state index contributed by atoms with van der Waals surface area (Å²) >= 11 is 4.19. The Morgan fingerprint density at radius 3 is 2.25 bits per heavy atom. The summed E-state index contributed by atoms with van der Waals surface area (Å²) in [6, 6.07) is 0. The minimum absolute atomic E-state index is 1.06. The third-order valence-corrected chi connectivity index (χ3v) is 0.204. The van der Waals surface area contributed by atoms with Gasteiger partial charge in [0.05, 0.1) is 0 Å². The Morgan fingerprint density at radius 2 is 2.25 bits per heavy atom. The normalized spacial score (nSPS) is 6.25. The van der Waals surface area contributed by atoms with E-state index in [1.165, 1.54) is 4.72 Å². The molecule has 0 saturated carbocycles. The van der Waals surface area contributed by atoms with Crippen LogP contribution in [0, 0.1) is 5.41 Å². The van der Waals surface area contributed by atoms with E-state index < -0.39 is 0 Å². The largest absolute Gasteiger partial charge is 0.491 e. The van der Waals surface area contributed by atoms with Gasteiger partial charge in [-0.05, 0) is 0 Å².